The predicted octanol–water partition coefficient (Wildman–Crippen LogP) is 1.92. The summed E-state index contributed by atoms with van der Waals surface area (Å²) < 4.78 is 39.4. The van der Waals surface area contributed by atoms with Crippen LogP contribution in [0.4, 0.5) is 8.78 Å². The van der Waals surface area contributed by atoms with Gasteiger partial charge in [0.1, 0.15) is 0 Å². The van der Waals surface area contributed by atoms with Crippen molar-refractivity contribution < 1.29 is 23.0 Å². The minimum atomic E-state index is -2.89. The number of rotatable bonds is 10. The summed E-state index contributed by atoms with van der Waals surface area (Å²) in [7, 11) is 1.61. The van der Waals surface area contributed by atoms with Crippen molar-refractivity contribution >= 4 is 0 Å². The number of hydrogen-bond donors (Lipinski definition) is 2. The van der Waals surface area contributed by atoms with E-state index in [0.29, 0.717) is 26.3 Å². The number of ether oxygens (including phenoxy) is 3. The summed E-state index contributed by atoms with van der Waals surface area (Å²) in [5.41, 5.74) is 6.58. The van der Waals surface area contributed by atoms with Crippen LogP contribution in [0.5, 0.6) is 11.5 Å². The van der Waals surface area contributed by atoms with Crippen molar-refractivity contribution in [1.29, 1.82) is 0 Å². The van der Waals surface area contributed by atoms with E-state index < -0.39 is 6.61 Å². The second-order valence-corrected chi connectivity index (χ2v) is 4.25. The zero-order chi connectivity index (χ0) is 15.7. The first kappa shape index (κ1) is 17.6. The Morgan fingerprint density at radius 3 is 2.62 bits per heavy atom. The van der Waals surface area contributed by atoms with Gasteiger partial charge in [0, 0.05) is 26.2 Å². The van der Waals surface area contributed by atoms with Crippen LogP contribution in [0, 0.1) is 0 Å². The van der Waals surface area contributed by atoms with Gasteiger partial charge in [0.25, 0.3) is 0 Å². The minimum absolute atomic E-state index is 0.0169. The van der Waals surface area contributed by atoms with E-state index in [9.17, 15) is 8.78 Å². The molecule has 120 valence electrons. The van der Waals surface area contributed by atoms with E-state index in [1.54, 1.807) is 26.2 Å². The van der Waals surface area contributed by atoms with Crippen LogP contribution in [0.3, 0.4) is 0 Å². The number of nitrogens with one attached hydrogen (secondary N) is 1. The molecule has 0 fully saturated rings. The lowest BCUT2D eigenvalue weighted by Gasteiger charge is -2.19. The molecule has 0 saturated carbocycles. The highest BCUT2D eigenvalue weighted by molar-refractivity contribution is 5.44. The van der Waals surface area contributed by atoms with Crippen molar-refractivity contribution in [2.24, 2.45) is 5.73 Å². The topological polar surface area (TPSA) is 65.7 Å². The Morgan fingerprint density at radius 2 is 2.05 bits per heavy atom. The fraction of sp³-hybridized carbons (Fsp3) is 0.571. The fourth-order valence-corrected chi connectivity index (χ4v) is 1.88. The number of alkyl halides is 2. The molecule has 5 nitrogen and oxygen atoms in total. The maximum atomic E-state index is 12.3. The highest BCUT2D eigenvalue weighted by Crippen LogP contribution is 2.31. The molecule has 0 bridgehead atoms. The van der Waals surface area contributed by atoms with E-state index in [2.05, 4.69) is 10.1 Å². The average Bonchev–Trinajstić information content (AvgIpc) is 2.45. The number of nitrogens with two attached hydrogens (primary N) is 1. The molecule has 0 saturated heterocycles. The van der Waals surface area contributed by atoms with E-state index in [1.165, 1.54) is 6.07 Å². The molecule has 0 aliphatic rings. The molecule has 3 N–H and O–H groups in total. The molecule has 0 spiro atoms. The molecule has 0 heterocycles. The molecule has 1 atom stereocenters. The molecule has 1 aromatic carbocycles. The van der Waals surface area contributed by atoms with Crippen LogP contribution < -0.4 is 20.5 Å². The molecule has 0 amide bonds. The van der Waals surface area contributed by atoms with Crippen LogP contribution in [0.2, 0.25) is 0 Å². The summed E-state index contributed by atoms with van der Waals surface area (Å²) in [5.74, 6) is 0.297. The quantitative estimate of drug-likeness (QED) is 0.647. The highest BCUT2D eigenvalue weighted by atomic mass is 19.3. The number of hydrogen-bond acceptors (Lipinski definition) is 5. The second kappa shape index (κ2) is 9.49. The van der Waals surface area contributed by atoms with Crippen molar-refractivity contribution in [2.75, 3.05) is 33.4 Å². The SMILES string of the molecule is CCOc1cc(C(CN)NCCOC)ccc1OC(F)F. The molecule has 1 rings (SSSR count). The number of benzene rings is 1. The van der Waals surface area contributed by atoms with Gasteiger partial charge in [-0.15, -0.1) is 0 Å². The number of halogens is 2. The summed E-state index contributed by atoms with van der Waals surface area (Å²) in [6.07, 6.45) is 0. The van der Waals surface area contributed by atoms with Crippen molar-refractivity contribution in [3.05, 3.63) is 23.8 Å². The predicted molar refractivity (Wildman–Crippen MR) is 75.9 cm³/mol. The van der Waals surface area contributed by atoms with E-state index in [4.69, 9.17) is 15.2 Å². The fourth-order valence-electron chi connectivity index (χ4n) is 1.88. The maximum absolute atomic E-state index is 12.3. The van der Waals surface area contributed by atoms with Gasteiger partial charge in [0.05, 0.1) is 13.2 Å². The van der Waals surface area contributed by atoms with Crippen molar-refractivity contribution in [1.82, 2.24) is 5.32 Å². The molecule has 0 aromatic heterocycles. The van der Waals surface area contributed by atoms with Gasteiger partial charge in [-0.05, 0) is 24.6 Å². The normalized spacial score (nSPS) is 12.5. The summed E-state index contributed by atoms with van der Waals surface area (Å²) >= 11 is 0. The van der Waals surface area contributed by atoms with Crippen molar-refractivity contribution in [2.45, 2.75) is 19.6 Å². The van der Waals surface area contributed by atoms with Crippen LogP contribution in [0.15, 0.2) is 18.2 Å². The lowest BCUT2D eigenvalue weighted by molar-refractivity contribution is -0.0514. The Hall–Kier alpha value is -1.44. The van der Waals surface area contributed by atoms with Gasteiger partial charge in [-0.2, -0.15) is 8.78 Å². The molecule has 0 aliphatic heterocycles. The second-order valence-electron chi connectivity index (χ2n) is 4.25. The molecule has 1 aromatic rings. The van der Waals surface area contributed by atoms with E-state index >= 15 is 0 Å². The Bertz CT molecular complexity index is 419. The molecule has 1 unspecified atom stereocenters. The maximum Gasteiger partial charge on any atom is 0.387 e. The van der Waals surface area contributed by atoms with E-state index in [1.807, 2.05) is 0 Å². The van der Waals surface area contributed by atoms with E-state index in [0.717, 1.165) is 5.56 Å². The monoisotopic (exact) mass is 304 g/mol. The Kier molecular flexibility index (Phi) is 7.96. The third-order valence-corrected chi connectivity index (χ3v) is 2.82. The third-order valence-electron chi connectivity index (χ3n) is 2.82. The first-order valence-electron chi connectivity index (χ1n) is 6.76. The van der Waals surface area contributed by atoms with Crippen molar-refractivity contribution in [3.63, 3.8) is 0 Å². The molecule has 0 aliphatic carbocycles. The van der Waals surface area contributed by atoms with E-state index in [-0.39, 0.29) is 17.5 Å². The molecular formula is C14H22F2N2O3. The third kappa shape index (κ3) is 5.82. The van der Waals surface area contributed by atoms with Gasteiger partial charge in [-0.3, -0.25) is 0 Å². The largest absolute Gasteiger partial charge is 0.490 e. The number of methoxy groups -OCH3 is 1. The van der Waals surface area contributed by atoms with Gasteiger partial charge < -0.3 is 25.3 Å². The zero-order valence-electron chi connectivity index (χ0n) is 12.3. The van der Waals surface area contributed by atoms with Crippen molar-refractivity contribution in [3.8, 4) is 11.5 Å². The standard InChI is InChI=1S/C14H22F2N2O3/c1-3-20-13-8-10(4-5-12(13)21-14(15)16)11(9-17)18-6-7-19-2/h4-5,8,11,14,18H,3,6-7,9,17H2,1-2H3. The molecule has 21 heavy (non-hydrogen) atoms. The minimum Gasteiger partial charge on any atom is -0.490 e. The first-order chi connectivity index (χ1) is 10.1. The Morgan fingerprint density at radius 1 is 1.29 bits per heavy atom. The van der Waals surface area contributed by atoms with Crippen LogP contribution >= 0.6 is 0 Å². The molecular weight excluding hydrogens is 282 g/mol. The van der Waals surface area contributed by atoms with Crippen LogP contribution in [-0.2, 0) is 4.74 Å². The summed E-state index contributed by atoms with van der Waals surface area (Å²) in [6, 6.07) is 4.71. The smallest absolute Gasteiger partial charge is 0.387 e. The van der Waals surface area contributed by atoms with Gasteiger partial charge >= 0.3 is 6.61 Å². The summed E-state index contributed by atoms with van der Waals surface area (Å²) in [5, 5.41) is 3.22. The highest BCUT2D eigenvalue weighted by Gasteiger charge is 2.15. The van der Waals surface area contributed by atoms with Crippen LogP contribution in [0.1, 0.15) is 18.5 Å². The van der Waals surface area contributed by atoms with Crippen LogP contribution in [-0.4, -0.2) is 40.0 Å². The Balaban J connectivity index is 2.88. The van der Waals surface area contributed by atoms with Gasteiger partial charge in [-0.25, -0.2) is 0 Å². The zero-order valence-corrected chi connectivity index (χ0v) is 12.3. The van der Waals surface area contributed by atoms with Gasteiger partial charge in [-0.1, -0.05) is 6.07 Å². The molecule has 7 heteroatoms. The van der Waals surface area contributed by atoms with Gasteiger partial charge in [0.2, 0.25) is 0 Å². The first-order valence-corrected chi connectivity index (χ1v) is 6.76. The lowest BCUT2D eigenvalue weighted by atomic mass is 10.1. The Labute approximate surface area is 123 Å². The van der Waals surface area contributed by atoms with Crippen LogP contribution in [0.25, 0.3) is 0 Å². The van der Waals surface area contributed by atoms with Gasteiger partial charge in [0.15, 0.2) is 11.5 Å². The average molecular weight is 304 g/mol. The molecule has 0 radical (unpaired) electrons. The summed E-state index contributed by atoms with van der Waals surface area (Å²) in [4.78, 5) is 0. The summed E-state index contributed by atoms with van der Waals surface area (Å²) in [6.45, 7) is 0.799. The lowest BCUT2D eigenvalue weighted by Crippen LogP contribution is -2.30.